The van der Waals surface area contributed by atoms with Gasteiger partial charge in [-0.25, -0.2) is 4.79 Å². The minimum absolute atomic E-state index is 0.319. The summed E-state index contributed by atoms with van der Waals surface area (Å²) in [5, 5.41) is 4.66. The highest BCUT2D eigenvalue weighted by Crippen LogP contribution is 2.28. The van der Waals surface area contributed by atoms with Crippen molar-refractivity contribution in [1.82, 2.24) is 9.78 Å². The van der Waals surface area contributed by atoms with Gasteiger partial charge in [0.2, 0.25) is 5.88 Å². The van der Waals surface area contributed by atoms with E-state index in [2.05, 4.69) is 5.10 Å². The Morgan fingerprint density at radius 1 is 0.800 bits per heavy atom. The van der Waals surface area contributed by atoms with Gasteiger partial charge < -0.3 is 14.2 Å². The van der Waals surface area contributed by atoms with Crippen molar-refractivity contribution >= 4 is 5.97 Å². The summed E-state index contributed by atoms with van der Waals surface area (Å²) in [4.78, 5) is 12.7. The Balaban J connectivity index is 1.70. The van der Waals surface area contributed by atoms with Crippen molar-refractivity contribution in [1.29, 1.82) is 0 Å². The number of esters is 1. The fourth-order valence-electron chi connectivity index (χ4n) is 2.98. The van der Waals surface area contributed by atoms with Crippen molar-refractivity contribution in [3.05, 3.63) is 90.5 Å². The summed E-state index contributed by atoms with van der Waals surface area (Å²) in [6, 6.07) is 25.6. The zero-order valence-electron chi connectivity index (χ0n) is 16.6. The molecule has 4 rings (SSSR count). The van der Waals surface area contributed by atoms with E-state index in [1.807, 2.05) is 54.6 Å². The van der Waals surface area contributed by atoms with Gasteiger partial charge in [-0.2, -0.15) is 9.78 Å². The molecule has 0 fully saturated rings. The lowest BCUT2D eigenvalue weighted by atomic mass is 10.2. The van der Waals surface area contributed by atoms with Gasteiger partial charge in [0.05, 0.1) is 31.2 Å². The van der Waals surface area contributed by atoms with E-state index in [0.717, 1.165) is 17.0 Å². The molecule has 0 aliphatic carbocycles. The summed E-state index contributed by atoms with van der Waals surface area (Å²) >= 11 is 0. The smallest absolute Gasteiger partial charge is 0.344 e. The van der Waals surface area contributed by atoms with Gasteiger partial charge in [0.15, 0.2) is 0 Å². The third kappa shape index (κ3) is 4.03. The van der Waals surface area contributed by atoms with Crippen LogP contribution in [0.5, 0.6) is 17.4 Å². The number of ether oxygens (including phenoxy) is 3. The number of hydrogen-bond donors (Lipinski definition) is 0. The van der Waals surface area contributed by atoms with Crippen LogP contribution in [0.25, 0.3) is 16.9 Å². The van der Waals surface area contributed by atoms with Crippen LogP contribution in [0.15, 0.2) is 84.9 Å². The highest BCUT2D eigenvalue weighted by atomic mass is 16.5. The first-order valence-electron chi connectivity index (χ1n) is 9.34. The second kappa shape index (κ2) is 8.53. The van der Waals surface area contributed by atoms with E-state index in [4.69, 9.17) is 14.2 Å². The Morgan fingerprint density at radius 3 is 2.00 bits per heavy atom. The number of carbonyl (C=O) groups is 1. The van der Waals surface area contributed by atoms with Crippen molar-refractivity contribution in [2.45, 2.75) is 0 Å². The van der Waals surface area contributed by atoms with E-state index in [-0.39, 0.29) is 0 Å². The Bertz CT molecular complexity index is 1130. The second-order valence-electron chi connectivity index (χ2n) is 6.46. The van der Waals surface area contributed by atoms with E-state index < -0.39 is 5.97 Å². The molecule has 6 heteroatoms. The zero-order valence-corrected chi connectivity index (χ0v) is 16.6. The minimum atomic E-state index is -0.480. The van der Waals surface area contributed by atoms with Gasteiger partial charge in [-0.05, 0) is 48.5 Å². The fourth-order valence-corrected chi connectivity index (χ4v) is 2.98. The Morgan fingerprint density at radius 2 is 1.40 bits per heavy atom. The zero-order chi connectivity index (χ0) is 20.9. The fraction of sp³-hybridized carbons (Fsp3) is 0.0833. The maximum atomic E-state index is 12.7. The summed E-state index contributed by atoms with van der Waals surface area (Å²) in [6.45, 7) is 0. The number of methoxy groups -OCH3 is 2. The highest BCUT2D eigenvalue weighted by Gasteiger charge is 2.17. The number of benzene rings is 3. The lowest BCUT2D eigenvalue weighted by Gasteiger charge is -2.09. The van der Waals surface area contributed by atoms with Gasteiger partial charge in [-0.3, -0.25) is 0 Å². The quantitative estimate of drug-likeness (QED) is 0.436. The molecule has 0 aliphatic heterocycles. The van der Waals surface area contributed by atoms with Crippen LogP contribution in [0.1, 0.15) is 10.4 Å². The third-order valence-electron chi connectivity index (χ3n) is 4.59. The predicted molar refractivity (Wildman–Crippen MR) is 114 cm³/mol. The van der Waals surface area contributed by atoms with Gasteiger partial charge in [0, 0.05) is 11.6 Å². The molecule has 0 bridgehead atoms. The van der Waals surface area contributed by atoms with Crippen LogP contribution in [-0.4, -0.2) is 30.0 Å². The molecule has 150 valence electrons. The van der Waals surface area contributed by atoms with Gasteiger partial charge in [0.1, 0.15) is 11.5 Å². The molecule has 0 saturated heterocycles. The van der Waals surface area contributed by atoms with Crippen LogP contribution in [0.4, 0.5) is 0 Å². The first kappa shape index (κ1) is 19.3. The van der Waals surface area contributed by atoms with E-state index in [1.54, 1.807) is 49.2 Å². The van der Waals surface area contributed by atoms with Gasteiger partial charge in [-0.1, -0.05) is 30.3 Å². The van der Waals surface area contributed by atoms with Crippen LogP contribution in [0.3, 0.4) is 0 Å². The minimum Gasteiger partial charge on any atom is -0.497 e. The Hall–Kier alpha value is -4.06. The molecule has 6 nitrogen and oxygen atoms in total. The number of rotatable bonds is 6. The molecule has 0 N–H and O–H groups in total. The lowest BCUT2D eigenvalue weighted by molar-refractivity contribution is 0.0723. The van der Waals surface area contributed by atoms with E-state index in [9.17, 15) is 4.79 Å². The first-order chi connectivity index (χ1) is 14.7. The van der Waals surface area contributed by atoms with Crippen molar-refractivity contribution in [3.63, 3.8) is 0 Å². The van der Waals surface area contributed by atoms with Crippen LogP contribution >= 0.6 is 0 Å². The summed E-state index contributed by atoms with van der Waals surface area (Å²) in [6.07, 6.45) is 0. The molecular weight excluding hydrogens is 380 g/mol. The molecule has 0 unspecified atom stereocenters. The van der Waals surface area contributed by atoms with E-state index in [1.165, 1.54) is 0 Å². The normalized spacial score (nSPS) is 10.5. The van der Waals surface area contributed by atoms with Gasteiger partial charge in [0.25, 0.3) is 0 Å². The molecule has 0 amide bonds. The highest BCUT2D eigenvalue weighted by molar-refractivity contribution is 5.91. The Kier molecular flexibility index (Phi) is 5.48. The molecule has 30 heavy (non-hydrogen) atoms. The van der Waals surface area contributed by atoms with Crippen molar-refractivity contribution in [3.8, 4) is 34.3 Å². The molecule has 1 aromatic heterocycles. The molecular formula is C24H20N2O4. The molecule has 4 aromatic rings. The topological polar surface area (TPSA) is 62.6 Å². The van der Waals surface area contributed by atoms with Crippen molar-refractivity contribution < 1.29 is 19.0 Å². The van der Waals surface area contributed by atoms with Crippen molar-refractivity contribution in [2.24, 2.45) is 0 Å². The molecule has 0 saturated carbocycles. The SMILES string of the molecule is COc1ccc(C(=O)Oc2cc(-c3ccccc3)nn2-c2ccc(OC)cc2)cc1. The van der Waals surface area contributed by atoms with Crippen LogP contribution in [0, 0.1) is 0 Å². The molecule has 0 atom stereocenters. The Labute approximate surface area is 174 Å². The van der Waals surface area contributed by atoms with Crippen LogP contribution in [-0.2, 0) is 0 Å². The average molecular weight is 400 g/mol. The summed E-state index contributed by atoms with van der Waals surface area (Å²) < 4.78 is 17.7. The van der Waals surface area contributed by atoms with Crippen LogP contribution < -0.4 is 14.2 Å². The summed E-state index contributed by atoms with van der Waals surface area (Å²) in [7, 11) is 3.18. The summed E-state index contributed by atoms with van der Waals surface area (Å²) in [5.41, 5.74) is 2.78. The van der Waals surface area contributed by atoms with Crippen molar-refractivity contribution in [2.75, 3.05) is 14.2 Å². The number of carbonyl (C=O) groups excluding carboxylic acids is 1. The molecule has 0 aliphatic rings. The van der Waals surface area contributed by atoms with E-state index >= 15 is 0 Å². The second-order valence-corrected chi connectivity index (χ2v) is 6.46. The monoisotopic (exact) mass is 400 g/mol. The average Bonchev–Trinajstić information content (AvgIpc) is 3.23. The lowest BCUT2D eigenvalue weighted by Crippen LogP contribution is -2.11. The molecule has 0 spiro atoms. The maximum Gasteiger partial charge on any atom is 0.344 e. The maximum absolute atomic E-state index is 12.7. The third-order valence-corrected chi connectivity index (χ3v) is 4.59. The molecule has 0 radical (unpaired) electrons. The molecule has 3 aromatic carbocycles. The van der Waals surface area contributed by atoms with E-state index in [0.29, 0.717) is 22.9 Å². The van der Waals surface area contributed by atoms with Gasteiger partial charge in [-0.15, -0.1) is 0 Å². The largest absolute Gasteiger partial charge is 0.497 e. The number of hydrogen-bond acceptors (Lipinski definition) is 5. The van der Waals surface area contributed by atoms with Crippen LogP contribution in [0.2, 0.25) is 0 Å². The standard InChI is InChI=1S/C24H20N2O4/c1-28-20-12-8-18(9-13-20)24(27)30-23-16-22(17-6-4-3-5-7-17)25-26(23)19-10-14-21(29-2)15-11-19/h3-16H,1-2H3. The summed E-state index contributed by atoms with van der Waals surface area (Å²) in [5.74, 6) is 1.24. The first-order valence-corrected chi connectivity index (χ1v) is 9.34. The number of aromatic nitrogens is 2. The number of nitrogens with zero attached hydrogens (tertiary/aromatic N) is 2. The van der Waals surface area contributed by atoms with Gasteiger partial charge >= 0.3 is 5.97 Å². The predicted octanol–water partition coefficient (Wildman–Crippen LogP) is 4.78. The molecule has 1 heterocycles.